The monoisotopic (exact) mass is 466 g/mol. The van der Waals surface area contributed by atoms with Crippen LogP contribution in [0.15, 0.2) is 36.4 Å². The average Bonchev–Trinajstić information content (AvgIpc) is 3.31. The summed E-state index contributed by atoms with van der Waals surface area (Å²) in [6.07, 6.45) is 0.773. The fourth-order valence-corrected chi connectivity index (χ4v) is 4.19. The molecule has 32 heavy (non-hydrogen) atoms. The van der Waals surface area contributed by atoms with Crippen LogP contribution in [0.5, 0.6) is 5.75 Å². The van der Waals surface area contributed by atoms with Gasteiger partial charge in [-0.2, -0.15) is 0 Å². The molecule has 0 spiro atoms. The Bertz CT molecular complexity index is 871. The van der Waals surface area contributed by atoms with Crippen LogP contribution in [0, 0.1) is 5.82 Å². The highest BCUT2D eigenvalue weighted by atomic mass is 35.5. The topological polar surface area (TPSA) is 68.2 Å². The molecular weight excluding hydrogens is 435 g/mol. The van der Waals surface area contributed by atoms with E-state index in [9.17, 15) is 14.6 Å². The number of hydrogen-bond acceptors (Lipinski definition) is 5. The van der Waals surface area contributed by atoms with Gasteiger partial charge in [0.2, 0.25) is 0 Å². The van der Waals surface area contributed by atoms with E-state index in [1.165, 1.54) is 6.07 Å². The molecule has 0 amide bonds. The van der Waals surface area contributed by atoms with Gasteiger partial charge in [-0.25, -0.2) is 4.39 Å². The van der Waals surface area contributed by atoms with Crippen molar-refractivity contribution in [1.82, 2.24) is 0 Å². The van der Waals surface area contributed by atoms with Crippen molar-refractivity contribution < 1.29 is 28.8 Å². The Morgan fingerprint density at radius 1 is 1.16 bits per heavy atom. The molecule has 0 aromatic heterocycles. The van der Waals surface area contributed by atoms with Crippen LogP contribution >= 0.6 is 11.6 Å². The predicted molar refractivity (Wildman–Crippen MR) is 122 cm³/mol. The molecule has 4 unspecified atom stereocenters. The zero-order valence-electron chi connectivity index (χ0n) is 18.6. The Hall–Kier alpha value is -1.70. The van der Waals surface area contributed by atoms with Gasteiger partial charge < -0.3 is 24.4 Å². The summed E-state index contributed by atoms with van der Waals surface area (Å²) < 4.78 is 31.4. The number of benzene rings is 2. The van der Waals surface area contributed by atoms with Crippen LogP contribution in [0.1, 0.15) is 55.9 Å². The molecule has 2 aliphatic heterocycles. The highest BCUT2D eigenvalue weighted by Crippen LogP contribution is 2.34. The van der Waals surface area contributed by atoms with Gasteiger partial charge in [-0.15, -0.1) is 0 Å². The summed E-state index contributed by atoms with van der Waals surface area (Å²) in [6, 6.07) is 10.5. The summed E-state index contributed by atoms with van der Waals surface area (Å²) in [5.74, 6) is -0.176. The molecule has 0 bridgehead atoms. The molecule has 5 nitrogen and oxygen atoms in total. The quantitative estimate of drug-likeness (QED) is 0.637. The number of hydrogen-bond donors (Lipinski definition) is 2. The second-order valence-corrected chi connectivity index (χ2v) is 8.36. The Balaban J connectivity index is 0.00000141. The summed E-state index contributed by atoms with van der Waals surface area (Å²) in [6.45, 7) is 4.99. The average molecular weight is 467 g/mol. The number of ether oxygens (including phenoxy) is 3. The first-order valence-electron chi connectivity index (χ1n) is 11.3. The van der Waals surface area contributed by atoms with E-state index >= 15 is 0 Å². The molecule has 2 fully saturated rings. The first-order chi connectivity index (χ1) is 15.5. The maximum absolute atomic E-state index is 14.5. The molecule has 7 heteroatoms. The first-order valence-corrected chi connectivity index (χ1v) is 11.6. The summed E-state index contributed by atoms with van der Waals surface area (Å²) in [5, 5.41) is 20.1. The lowest BCUT2D eigenvalue weighted by atomic mass is 9.94. The van der Waals surface area contributed by atoms with E-state index in [0.717, 1.165) is 23.1 Å². The van der Waals surface area contributed by atoms with Crippen LogP contribution in [0.4, 0.5) is 4.39 Å². The number of aliphatic hydroxyl groups excluding tert-OH is 2. The van der Waals surface area contributed by atoms with Crippen LogP contribution in [-0.2, 0) is 15.9 Å². The lowest BCUT2D eigenvalue weighted by Gasteiger charge is -2.32. The first kappa shape index (κ1) is 24.9. The van der Waals surface area contributed by atoms with E-state index in [2.05, 4.69) is 0 Å². The van der Waals surface area contributed by atoms with Crippen LogP contribution in [-0.4, -0.2) is 48.3 Å². The van der Waals surface area contributed by atoms with Crippen LogP contribution in [0.2, 0.25) is 5.02 Å². The number of halogens is 2. The van der Waals surface area contributed by atoms with Gasteiger partial charge in [0, 0.05) is 24.3 Å². The van der Waals surface area contributed by atoms with E-state index in [1.807, 2.05) is 32.0 Å². The van der Waals surface area contributed by atoms with Crippen molar-refractivity contribution in [3.05, 3.63) is 63.9 Å². The molecule has 176 valence electrons. The Labute approximate surface area is 194 Å². The van der Waals surface area contributed by atoms with Crippen LogP contribution < -0.4 is 4.74 Å². The third-order valence-electron chi connectivity index (χ3n) is 5.60. The molecule has 4 atom stereocenters. The van der Waals surface area contributed by atoms with E-state index in [0.29, 0.717) is 37.5 Å². The molecular formula is C25H32ClFO5. The van der Waals surface area contributed by atoms with Gasteiger partial charge >= 0.3 is 0 Å². The Morgan fingerprint density at radius 3 is 2.66 bits per heavy atom. The molecule has 2 aromatic carbocycles. The minimum Gasteiger partial charge on any atom is -0.485 e. The van der Waals surface area contributed by atoms with Gasteiger partial charge in [-0.05, 0) is 41.3 Å². The van der Waals surface area contributed by atoms with Crippen molar-refractivity contribution in [2.24, 2.45) is 0 Å². The Morgan fingerprint density at radius 2 is 1.97 bits per heavy atom. The molecule has 2 N–H and O–H groups in total. The fraction of sp³-hybridized carbons (Fsp3) is 0.520. The maximum atomic E-state index is 14.5. The standard InChI is InChI=1S/C23H26ClFO5.C2H6/c24-20-3-2-15(23-11-17(27)10-19(12-26)30-23)9-16(20)7-14-1-4-22(21(25)8-14)29-18-5-6-28-13-18;1-2/h1-4,8-9,17-19,23,26-27H,5-7,10-13H2;1-2H3. The van der Waals surface area contributed by atoms with E-state index in [4.69, 9.17) is 25.8 Å². The molecule has 2 heterocycles. The molecule has 2 aliphatic rings. The minimum absolute atomic E-state index is 0.106. The largest absolute Gasteiger partial charge is 0.485 e. The molecule has 2 saturated heterocycles. The summed E-state index contributed by atoms with van der Waals surface area (Å²) >= 11 is 6.39. The predicted octanol–water partition coefficient (Wildman–Crippen LogP) is 4.84. The third-order valence-corrected chi connectivity index (χ3v) is 5.96. The van der Waals surface area contributed by atoms with Crippen molar-refractivity contribution in [2.75, 3.05) is 19.8 Å². The van der Waals surface area contributed by atoms with E-state index < -0.39 is 11.9 Å². The zero-order valence-corrected chi connectivity index (χ0v) is 19.4. The van der Waals surface area contributed by atoms with Gasteiger partial charge in [0.25, 0.3) is 0 Å². The smallest absolute Gasteiger partial charge is 0.165 e. The molecule has 0 saturated carbocycles. The lowest BCUT2D eigenvalue weighted by molar-refractivity contribution is -0.113. The zero-order chi connectivity index (χ0) is 23.1. The van der Waals surface area contributed by atoms with Gasteiger partial charge in [0.05, 0.1) is 38.1 Å². The lowest BCUT2D eigenvalue weighted by Crippen LogP contribution is -2.33. The van der Waals surface area contributed by atoms with Gasteiger partial charge in [0.15, 0.2) is 11.6 Å². The van der Waals surface area contributed by atoms with E-state index in [1.54, 1.807) is 12.1 Å². The summed E-state index contributed by atoms with van der Waals surface area (Å²) in [7, 11) is 0. The molecule has 2 aromatic rings. The fourth-order valence-electron chi connectivity index (χ4n) is 4.01. The third kappa shape index (κ3) is 6.42. The van der Waals surface area contributed by atoms with Crippen LogP contribution in [0.25, 0.3) is 0 Å². The van der Waals surface area contributed by atoms with Crippen molar-refractivity contribution >= 4 is 11.6 Å². The Kier molecular flexibility index (Phi) is 9.32. The van der Waals surface area contributed by atoms with Gasteiger partial charge in [-0.1, -0.05) is 43.6 Å². The van der Waals surface area contributed by atoms with Gasteiger partial charge in [-0.3, -0.25) is 0 Å². The van der Waals surface area contributed by atoms with Crippen molar-refractivity contribution in [3.63, 3.8) is 0 Å². The SMILES string of the molecule is CC.OCC1CC(O)CC(c2ccc(Cl)c(Cc3ccc(OC4CCOC4)c(F)c3)c2)O1. The molecule has 0 radical (unpaired) electrons. The minimum atomic E-state index is -0.521. The van der Waals surface area contributed by atoms with E-state index in [-0.39, 0.29) is 30.7 Å². The van der Waals surface area contributed by atoms with Gasteiger partial charge in [0.1, 0.15) is 6.10 Å². The number of rotatable bonds is 6. The summed E-state index contributed by atoms with van der Waals surface area (Å²) in [4.78, 5) is 0. The van der Waals surface area contributed by atoms with Crippen molar-refractivity contribution in [2.45, 2.75) is 63.9 Å². The molecule has 0 aliphatic carbocycles. The van der Waals surface area contributed by atoms with Crippen LogP contribution in [0.3, 0.4) is 0 Å². The maximum Gasteiger partial charge on any atom is 0.165 e. The second kappa shape index (κ2) is 12.0. The number of aliphatic hydroxyl groups is 2. The normalized spacial score (nSPS) is 25.2. The highest BCUT2D eigenvalue weighted by Gasteiger charge is 2.29. The molecule has 4 rings (SSSR count). The second-order valence-electron chi connectivity index (χ2n) is 7.95. The summed E-state index contributed by atoms with van der Waals surface area (Å²) in [5.41, 5.74) is 2.50. The highest BCUT2D eigenvalue weighted by molar-refractivity contribution is 6.31. The van der Waals surface area contributed by atoms with Crippen molar-refractivity contribution in [3.8, 4) is 5.75 Å². The van der Waals surface area contributed by atoms with Crippen molar-refractivity contribution in [1.29, 1.82) is 0 Å².